The van der Waals surface area contributed by atoms with Crippen molar-refractivity contribution in [3.63, 3.8) is 0 Å². The summed E-state index contributed by atoms with van der Waals surface area (Å²) in [5.74, 6) is 0.738. The van der Waals surface area contributed by atoms with Crippen LogP contribution in [0, 0.1) is 5.92 Å². The number of aromatic hydroxyl groups is 1. The molecule has 0 aromatic heterocycles. The maximum atomic E-state index is 11.3. The van der Waals surface area contributed by atoms with Crippen LogP contribution in [0.2, 0.25) is 0 Å². The van der Waals surface area contributed by atoms with Crippen LogP contribution in [0.5, 0.6) is 23.0 Å². The topological polar surface area (TPSA) is 84.8 Å². The Hall–Kier alpha value is -4.08. The van der Waals surface area contributed by atoms with Gasteiger partial charge in [0.15, 0.2) is 11.5 Å². The van der Waals surface area contributed by atoms with E-state index in [1.807, 2.05) is 97.9 Å². The number of hydrogen-bond acceptors (Lipinski definition) is 8. The lowest BCUT2D eigenvalue weighted by Gasteiger charge is -2.46. The third-order valence-electron chi connectivity index (χ3n) is 8.10. The lowest BCUT2D eigenvalue weighted by atomic mass is 9.83. The first-order valence-electron chi connectivity index (χ1n) is 15.1. The van der Waals surface area contributed by atoms with Crippen LogP contribution < -0.4 is 14.2 Å². The number of hydrogen-bond donors (Lipinski definition) is 1. The lowest BCUT2D eigenvalue weighted by molar-refractivity contribution is -0.245. The van der Waals surface area contributed by atoms with Crippen LogP contribution in [0.25, 0.3) is 0 Å². The highest BCUT2D eigenvalue weighted by Gasteiger charge is 2.48. The number of ether oxygens (including phenoxy) is 7. The molecule has 1 fully saturated rings. The molecule has 8 nitrogen and oxygen atoms in total. The van der Waals surface area contributed by atoms with Crippen LogP contribution in [0.4, 0.5) is 0 Å². The van der Waals surface area contributed by atoms with E-state index >= 15 is 0 Å². The molecule has 238 valence electrons. The van der Waals surface area contributed by atoms with Gasteiger partial charge in [0.05, 0.1) is 65.5 Å². The zero-order valence-electron chi connectivity index (χ0n) is 26.3. The highest BCUT2D eigenvalue weighted by Crippen LogP contribution is 2.52. The van der Waals surface area contributed by atoms with Crippen molar-refractivity contribution < 1.29 is 38.3 Å². The molecule has 1 aliphatic rings. The molecule has 0 amide bonds. The van der Waals surface area contributed by atoms with Crippen molar-refractivity contribution in [2.45, 2.75) is 51.2 Å². The zero-order valence-corrected chi connectivity index (χ0v) is 26.3. The fourth-order valence-corrected chi connectivity index (χ4v) is 5.83. The summed E-state index contributed by atoms with van der Waals surface area (Å²) in [4.78, 5) is 0. The van der Waals surface area contributed by atoms with Crippen molar-refractivity contribution in [1.82, 2.24) is 0 Å². The lowest BCUT2D eigenvalue weighted by Crippen LogP contribution is -2.54. The van der Waals surface area contributed by atoms with Gasteiger partial charge in [-0.05, 0) is 16.7 Å². The molecule has 0 bridgehead atoms. The number of phenolic OH excluding ortho intramolecular Hbond substituents is 1. The van der Waals surface area contributed by atoms with E-state index in [2.05, 4.69) is 0 Å². The second-order valence-electron chi connectivity index (χ2n) is 11.1. The summed E-state index contributed by atoms with van der Waals surface area (Å²) in [5, 5.41) is 11.3. The molecule has 1 heterocycles. The number of rotatable bonds is 14. The minimum Gasteiger partial charge on any atom is -0.507 e. The summed E-state index contributed by atoms with van der Waals surface area (Å²) >= 11 is 0. The molecule has 5 atom stereocenters. The number of methoxy groups -OCH3 is 3. The summed E-state index contributed by atoms with van der Waals surface area (Å²) in [6, 6.07) is 31.6. The Labute approximate surface area is 265 Å². The first kappa shape index (κ1) is 32.3. The first-order chi connectivity index (χ1) is 22.0. The summed E-state index contributed by atoms with van der Waals surface area (Å²) in [5.41, 5.74) is 3.58. The van der Waals surface area contributed by atoms with E-state index in [1.54, 1.807) is 0 Å². The standard InChI is InChI=1S/C37H42O8/c1-25-33(32-29(38)20-30(39-2)35(40-3)37(32)41-4)45-31(24-42-21-26-14-8-5-9-15-26)36(44-23-28-18-12-7-13-19-28)34(25)43-22-27-16-10-6-11-17-27/h5-20,25,31,33-34,36,38H,21-24H2,1-4H3/t25-,31-,33-,34-,36-/m1/s1. The van der Waals surface area contributed by atoms with E-state index in [0.29, 0.717) is 42.6 Å². The van der Waals surface area contributed by atoms with Gasteiger partial charge in [-0.15, -0.1) is 0 Å². The molecule has 0 saturated carbocycles. The smallest absolute Gasteiger partial charge is 0.203 e. The Kier molecular flexibility index (Phi) is 11.3. The molecule has 0 aliphatic carbocycles. The minimum absolute atomic E-state index is 0.0317. The summed E-state index contributed by atoms with van der Waals surface area (Å²) in [6.07, 6.45) is -2.11. The van der Waals surface area contributed by atoms with Crippen LogP contribution >= 0.6 is 0 Å². The fraction of sp³-hybridized carbons (Fsp3) is 0.351. The predicted octanol–water partition coefficient (Wildman–Crippen LogP) is 6.88. The van der Waals surface area contributed by atoms with E-state index in [4.69, 9.17) is 33.2 Å². The molecule has 1 N–H and O–H groups in total. The molecule has 5 rings (SSSR count). The van der Waals surface area contributed by atoms with Gasteiger partial charge in [0, 0.05) is 12.0 Å². The van der Waals surface area contributed by atoms with Crippen LogP contribution in [0.15, 0.2) is 97.1 Å². The van der Waals surface area contributed by atoms with Crippen LogP contribution in [0.3, 0.4) is 0 Å². The maximum Gasteiger partial charge on any atom is 0.203 e. The third kappa shape index (κ3) is 7.78. The molecule has 1 saturated heterocycles. The molecule has 0 radical (unpaired) electrons. The first-order valence-corrected chi connectivity index (χ1v) is 15.1. The summed E-state index contributed by atoms with van der Waals surface area (Å²) in [6.45, 7) is 3.43. The molecule has 4 aromatic carbocycles. The minimum atomic E-state index is -0.651. The number of benzene rings is 4. The second kappa shape index (κ2) is 15.8. The van der Waals surface area contributed by atoms with Crippen LogP contribution in [-0.2, 0) is 38.8 Å². The average Bonchev–Trinajstić information content (AvgIpc) is 3.08. The van der Waals surface area contributed by atoms with Crippen molar-refractivity contribution in [3.8, 4) is 23.0 Å². The van der Waals surface area contributed by atoms with Gasteiger partial charge in [-0.3, -0.25) is 0 Å². The van der Waals surface area contributed by atoms with Crippen molar-refractivity contribution in [3.05, 3.63) is 119 Å². The van der Waals surface area contributed by atoms with Crippen LogP contribution in [-0.4, -0.2) is 51.4 Å². The Morgan fingerprint density at radius 3 is 1.67 bits per heavy atom. The second-order valence-corrected chi connectivity index (χ2v) is 11.1. The number of phenols is 1. The van der Waals surface area contributed by atoms with Gasteiger partial charge in [-0.2, -0.15) is 0 Å². The predicted molar refractivity (Wildman–Crippen MR) is 171 cm³/mol. The van der Waals surface area contributed by atoms with Gasteiger partial charge in [0.2, 0.25) is 5.75 Å². The maximum absolute atomic E-state index is 11.3. The fourth-order valence-electron chi connectivity index (χ4n) is 5.83. The van der Waals surface area contributed by atoms with E-state index < -0.39 is 24.4 Å². The Morgan fingerprint density at radius 1 is 0.644 bits per heavy atom. The SMILES string of the molecule is COc1cc(O)c([C@@H]2O[C@H](COCc3ccccc3)[C@@H](OCc3ccccc3)[C@H](OCc3ccccc3)[C@@H]2C)c(OC)c1OC. The van der Waals surface area contributed by atoms with Crippen molar-refractivity contribution in [2.75, 3.05) is 27.9 Å². The van der Waals surface area contributed by atoms with Gasteiger partial charge < -0.3 is 38.3 Å². The normalized spacial score (nSPS) is 21.3. The van der Waals surface area contributed by atoms with Crippen LogP contribution in [0.1, 0.15) is 35.3 Å². The van der Waals surface area contributed by atoms with Crippen molar-refractivity contribution >= 4 is 0 Å². The van der Waals surface area contributed by atoms with E-state index in [9.17, 15) is 5.11 Å². The van der Waals surface area contributed by atoms with Gasteiger partial charge >= 0.3 is 0 Å². The third-order valence-corrected chi connectivity index (χ3v) is 8.10. The molecule has 0 unspecified atom stereocenters. The molecule has 1 aliphatic heterocycles. The largest absolute Gasteiger partial charge is 0.507 e. The molecular formula is C37H42O8. The highest BCUT2D eigenvalue weighted by molar-refractivity contribution is 5.62. The van der Waals surface area contributed by atoms with E-state index in [1.165, 1.54) is 27.4 Å². The Balaban J connectivity index is 1.51. The molecule has 45 heavy (non-hydrogen) atoms. The van der Waals surface area contributed by atoms with Gasteiger partial charge in [-0.25, -0.2) is 0 Å². The Bertz CT molecular complexity index is 1460. The monoisotopic (exact) mass is 614 g/mol. The molecule has 0 spiro atoms. The molecular weight excluding hydrogens is 572 g/mol. The molecule has 4 aromatic rings. The summed E-state index contributed by atoms with van der Waals surface area (Å²) < 4.78 is 43.4. The molecule has 8 heteroatoms. The van der Waals surface area contributed by atoms with E-state index in [-0.39, 0.29) is 18.3 Å². The van der Waals surface area contributed by atoms with Crippen molar-refractivity contribution in [2.24, 2.45) is 5.92 Å². The quantitative estimate of drug-likeness (QED) is 0.165. The van der Waals surface area contributed by atoms with E-state index in [0.717, 1.165) is 16.7 Å². The van der Waals surface area contributed by atoms with Gasteiger partial charge in [0.25, 0.3) is 0 Å². The van der Waals surface area contributed by atoms with Gasteiger partial charge in [0.1, 0.15) is 18.0 Å². The van der Waals surface area contributed by atoms with Gasteiger partial charge in [-0.1, -0.05) is 97.9 Å². The Morgan fingerprint density at radius 2 is 1.16 bits per heavy atom. The van der Waals surface area contributed by atoms with Crippen molar-refractivity contribution in [1.29, 1.82) is 0 Å². The zero-order chi connectivity index (χ0) is 31.6. The highest BCUT2D eigenvalue weighted by atomic mass is 16.6. The summed E-state index contributed by atoms with van der Waals surface area (Å²) in [7, 11) is 4.58. The average molecular weight is 615 g/mol.